The van der Waals surface area contributed by atoms with Gasteiger partial charge in [-0.05, 0) is 108 Å². The number of phenolic OH excluding ortho intramolecular Hbond substituents is 1. The number of methoxy groups -OCH3 is 1. The molecule has 0 spiro atoms. The van der Waals surface area contributed by atoms with Gasteiger partial charge in [0.1, 0.15) is 0 Å². The first-order chi connectivity index (χ1) is 23.7. The number of ether oxygens (including phenoxy) is 1. The molecule has 4 aliphatic rings. The van der Waals surface area contributed by atoms with Gasteiger partial charge in [-0.25, -0.2) is 0 Å². The average Bonchev–Trinajstić information content (AvgIpc) is 3.43. The summed E-state index contributed by atoms with van der Waals surface area (Å²) >= 11 is 16.5. The number of azo groups is 1. The van der Waals surface area contributed by atoms with E-state index in [-0.39, 0.29) is 30.2 Å². The number of aromatic hydroxyl groups is 1. The molecule has 7 rings (SSSR count). The summed E-state index contributed by atoms with van der Waals surface area (Å²) in [7, 11) is 6.65. The molecule has 3 aromatic rings. The predicted molar refractivity (Wildman–Crippen MR) is 197 cm³/mol. The SMILES string of the molecule is COc1cc([C@H]2C3=CC[C@@H]4C(=O)N(c5ccc(N=Nc6ccc(N(C)C)cc6)cc5)C(=O)[C@@H]4[C@@H]3C[C@@]3(Cl)C(=O)N(C)C(=O)[C@@]23Cl)cc(I)c1O. The van der Waals surface area contributed by atoms with Gasteiger partial charge in [-0.1, -0.05) is 11.6 Å². The number of carbonyl (C=O) groups is 4. The third kappa shape index (κ3) is 4.96. The van der Waals surface area contributed by atoms with Gasteiger partial charge in [0.15, 0.2) is 21.2 Å². The summed E-state index contributed by atoms with van der Waals surface area (Å²) < 4.78 is 5.85. The van der Waals surface area contributed by atoms with Crippen molar-refractivity contribution in [2.75, 3.05) is 38.1 Å². The monoisotopic (exact) mass is 827 g/mol. The lowest BCUT2D eigenvalue weighted by atomic mass is 9.56. The number of hydrogen-bond acceptors (Lipinski definition) is 9. The van der Waals surface area contributed by atoms with Crippen molar-refractivity contribution in [3.63, 3.8) is 0 Å². The summed E-state index contributed by atoms with van der Waals surface area (Å²) in [5.74, 6) is -5.26. The van der Waals surface area contributed by atoms with Crippen molar-refractivity contribution in [1.29, 1.82) is 0 Å². The molecule has 2 aliphatic heterocycles. The molecule has 4 amide bonds. The van der Waals surface area contributed by atoms with Crippen LogP contribution < -0.4 is 14.5 Å². The number of amides is 4. The normalized spacial score (nSPS) is 28.9. The number of anilines is 2. The number of imide groups is 2. The zero-order chi connectivity index (χ0) is 35.9. The van der Waals surface area contributed by atoms with E-state index in [9.17, 15) is 24.3 Å². The Hall–Kier alpha value is -4.01. The molecule has 1 N–H and O–H groups in total. The number of likely N-dealkylation sites (tertiary alicyclic amines) is 1. The number of alkyl halides is 2. The van der Waals surface area contributed by atoms with E-state index in [4.69, 9.17) is 27.9 Å². The van der Waals surface area contributed by atoms with E-state index in [2.05, 4.69) is 10.2 Å². The minimum absolute atomic E-state index is 0.0908. The number of carbonyl (C=O) groups excluding carboxylic acids is 4. The van der Waals surface area contributed by atoms with Gasteiger partial charge in [0, 0.05) is 32.7 Å². The molecule has 11 nitrogen and oxygen atoms in total. The average molecular weight is 828 g/mol. The highest BCUT2D eigenvalue weighted by Crippen LogP contribution is 2.65. The summed E-state index contributed by atoms with van der Waals surface area (Å²) in [6, 6.07) is 17.5. The van der Waals surface area contributed by atoms with Crippen LogP contribution in [0.25, 0.3) is 0 Å². The Balaban J connectivity index is 1.23. The van der Waals surface area contributed by atoms with E-state index in [1.54, 1.807) is 36.4 Å². The van der Waals surface area contributed by atoms with E-state index < -0.39 is 51.1 Å². The maximum absolute atomic E-state index is 14.3. The van der Waals surface area contributed by atoms with E-state index >= 15 is 0 Å². The highest BCUT2D eigenvalue weighted by Gasteiger charge is 2.76. The zero-order valence-electron chi connectivity index (χ0n) is 27.4. The summed E-state index contributed by atoms with van der Waals surface area (Å²) in [6.07, 6.45) is 1.96. The van der Waals surface area contributed by atoms with Crippen LogP contribution in [0.15, 0.2) is 82.5 Å². The summed E-state index contributed by atoms with van der Waals surface area (Å²) in [5, 5.41) is 19.2. The molecule has 6 atom stereocenters. The van der Waals surface area contributed by atoms with Crippen molar-refractivity contribution in [3.05, 3.63) is 81.4 Å². The maximum atomic E-state index is 14.3. The van der Waals surface area contributed by atoms with Crippen molar-refractivity contribution < 1.29 is 29.0 Å². The van der Waals surface area contributed by atoms with Crippen molar-refractivity contribution in [2.24, 2.45) is 28.0 Å². The number of halogens is 3. The van der Waals surface area contributed by atoms with Gasteiger partial charge in [0.25, 0.3) is 11.8 Å². The van der Waals surface area contributed by atoms with Crippen LogP contribution in [0.2, 0.25) is 0 Å². The molecule has 2 heterocycles. The molecule has 1 saturated carbocycles. The highest BCUT2D eigenvalue weighted by molar-refractivity contribution is 14.1. The third-order valence-electron chi connectivity index (χ3n) is 10.4. The van der Waals surface area contributed by atoms with E-state index in [0.717, 1.165) is 10.6 Å². The number of nitrogens with zero attached hydrogens (tertiary/aromatic N) is 5. The molecule has 2 aliphatic carbocycles. The molecular formula is C36H32Cl2IN5O6. The van der Waals surface area contributed by atoms with Crippen molar-refractivity contribution >= 4 is 92.2 Å². The van der Waals surface area contributed by atoms with E-state index in [1.807, 2.05) is 71.9 Å². The zero-order valence-corrected chi connectivity index (χ0v) is 31.1. The molecule has 50 heavy (non-hydrogen) atoms. The Labute approximate surface area is 312 Å². The number of hydrogen-bond donors (Lipinski definition) is 1. The molecule has 0 bridgehead atoms. The topological polar surface area (TPSA) is 132 Å². The Morgan fingerprint density at radius 1 is 0.920 bits per heavy atom. The quantitative estimate of drug-likeness (QED) is 0.0965. The van der Waals surface area contributed by atoms with Gasteiger partial charge in [0.05, 0.1) is 39.6 Å². The molecule has 3 aromatic carbocycles. The first kappa shape index (κ1) is 34.4. The summed E-state index contributed by atoms with van der Waals surface area (Å²) in [6.45, 7) is 0. The van der Waals surface area contributed by atoms with Gasteiger partial charge in [-0.2, -0.15) is 10.2 Å². The standard InChI is InChI=1S/C36H32Cl2IN5O6/c1-42(2)21-9-5-19(6-10-21)40-41-20-7-11-22(12-8-20)44-31(46)24-14-13-23-25(28(24)32(44)47)17-35(37)33(48)43(3)34(49)36(35,38)29(23)18-15-26(39)30(45)27(16-18)50-4/h5-13,15-16,24-25,28-29,45H,14,17H2,1-4H3/t24-,25+,28-,29-,35+,36-/m0/s1. The minimum Gasteiger partial charge on any atom is -0.504 e. The lowest BCUT2D eigenvalue weighted by Crippen LogP contribution is -2.60. The van der Waals surface area contributed by atoms with Crippen molar-refractivity contribution in [3.8, 4) is 11.5 Å². The maximum Gasteiger partial charge on any atom is 0.253 e. The number of allylic oxidation sites excluding steroid dienone is 2. The molecule has 258 valence electrons. The largest absolute Gasteiger partial charge is 0.504 e. The Bertz CT molecular complexity index is 2020. The van der Waals surface area contributed by atoms with Crippen molar-refractivity contribution in [1.82, 2.24) is 4.90 Å². The fraction of sp³-hybridized carbons (Fsp3) is 0.333. The van der Waals surface area contributed by atoms with Crippen LogP contribution in [-0.4, -0.2) is 71.6 Å². The fourth-order valence-corrected chi connectivity index (χ4v) is 9.53. The fourth-order valence-electron chi connectivity index (χ4n) is 7.89. The van der Waals surface area contributed by atoms with Crippen molar-refractivity contribution in [2.45, 2.75) is 28.5 Å². The Morgan fingerprint density at radius 2 is 1.54 bits per heavy atom. The second-order valence-electron chi connectivity index (χ2n) is 13.2. The smallest absolute Gasteiger partial charge is 0.253 e. The van der Waals surface area contributed by atoms with Crippen LogP contribution in [-0.2, 0) is 19.2 Å². The predicted octanol–water partition coefficient (Wildman–Crippen LogP) is 6.68. The van der Waals surface area contributed by atoms with Gasteiger partial charge in [-0.3, -0.25) is 29.0 Å². The second-order valence-corrected chi connectivity index (χ2v) is 15.6. The Morgan fingerprint density at radius 3 is 2.14 bits per heavy atom. The molecule has 3 fully saturated rings. The molecule has 0 aromatic heterocycles. The van der Waals surface area contributed by atoms with Crippen LogP contribution in [0, 0.1) is 21.3 Å². The van der Waals surface area contributed by atoms with E-state index in [0.29, 0.717) is 31.8 Å². The second kappa shape index (κ2) is 12.3. The van der Waals surface area contributed by atoms with Crippen LogP contribution in [0.5, 0.6) is 11.5 Å². The first-order valence-electron chi connectivity index (χ1n) is 15.9. The number of rotatable bonds is 6. The van der Waals surface area contributed by atoms with Crippen LogP contribution >= 0.6 is 45.8 Å². The van der Waals surface area contributed by atoms with Gasteiger partial charge >= 0.3 is 0 Å². The van der Waals surface area contributed by atoms with Gasteiger partial charge < -0.3 is 14.7 Å². The number of fused-ring (bicyclic) bond motifs is 4. The Kier molecular flexibility index (Phi) is 8.50. The molecule has 0 radical (unpaired) electrons. The molecule has 2 saturated heterocycles. The summed E-state index contributed by atoms with van der Waals surface area (Å²) in [4.78, 5) is 56.1. The van der Waals surface area contributed by atoms with E-state index in [1.165, 1.54) is 19.1 Å². The number of phenols is 1. The molecular weight excluding hydrogens is 796 g/mol. The van der Waals surface area contributed by atoms with Gasteiger partial charge in [0.2, 0.25) is 11.8 Å². The van der Waals surface area contributed by atoms with Crippen LogP contribution in [0.3, 0.4) is 0 Å². The molecule has 14 heteroatoms. The van der Waals surface area contributed by atoms with Gasteiger partial charge in [-0.15, -0.1) is 23.2 Å². The van der Waals surface area contributed by atoms with Crippen LogP contribution in [0.1, 0.15) is 24.3 Å². The third-order valence-corrected chi connectivity index (χ3v) is 12.6. The highest BCUT2D eigenvalue weighted by atomic mass is 127. The summed E-state index contributed by atoms with van der Waals surface area (Å²) in [5.41, 5.74) is 3.77. The number of benzene rings is 3. The minimum atomic E-state index is -1.94. The lowest BCUT2D eigenvalue weighted by Gasteiger charge is -2.50. The lowest BCUT2D eigenvalue weighted by molar-refractivity contribution is -0.138. The first-order valence-corrected chi connectivity index (χ1v) is 17.7. The van der Waals surface area contributed by atoms with Crippen LogP contribution in [0.4, 0.5) is 22.7 Å². The molecule has 0 unspecified atom stereocenters.